The van der Waals surface area contributed by atoms with Crippen molar-refractivity contribution in [1.29, 1.82) is 0 Å². The van der Waals surface area contributed by atoms with Crippen LogP contribution < -0.4 is 0 Å². The van der Waals surface area contributed by atoms with Gasteiger partial charge in [0.1, 0.15) is 0 Å². The fourth-order valence-electron chi connectivity index (χ4n) is 5.22. The van der Waals surface area contributed by atoms with Crippen molar-refractivity contribution in [3.05, 3.63) is 96.9 Å². The van der Waals surface area contributed by atoms with Crippen molar-refractivity contribution in [3.8, 4) is 0 Å². The second-order valence-corrected chi connectivity index (χ2v) is 19.0. The summed E-state index contributed by atoms with van der Waals surface area (Å²) in [7, 11) is 0.525. The summed E-state index contributed by atoms with van der Waals surface area (Å²) in [5.74, 6) is 0. The molecule has 0 aliphatic heterocycles. The van der Waals surface area contributed by atoms with Crippen LogP contribution in [-0.2, 0) is 19.5 Å². The number of benzene rings is 2. The molecule has 0 heterocycles. The molecule has 2 rings (SSSR count). The van der Waals surface area contributed by atoms with Crippen LogP contribution in [0.4, 0.5) is 0 Å². The van der Waals surface area contributed by atoms with Gasteiger partial charge in [-0.25, -0.2) is 0 Å². The largest absolute Gasteiger partial charge is 0.107 e. The first-order valence-corrected chi connectivity index (χ1v) is 17.1. The first-order chi connectivity index (χ1) is 17.3. The fourth-order valence-corrected chi connectivity index (χ4v) is 12.4. The Kier molecular flexibility index (Phi) is 23.1. The average Bonchev–Trinajstić information content (AvgIpc) is 2.80. The van der Waals surface area contributed by atoms with Gasteiger partial charge in [0.05, 0.1) is 0 Å². The molecule has 0 unspecified atom stereocenters. The van der Waals surface area contributed by atoms with Gasteiger partial charge in [-0.1, -0.05) is 160 Å². The molecule has 214 valence electrons. The molecule has 3 heteroatoms. The number of rotatable bonds is 9. The maximum Gasteiger partial charge on any atom is 0.0312 e. The topological polar surface area (TPSA) is 0 Å². The van der Waals surface area contributed by atoms with Crippen LogP contribution in [0.25, 0.3) is 5.57 Å². The van der Waals surface area contributed by atoms with E-state index in [1.807, 2.05) is 36.4 Å². The zero-order valence-electron chi connectivity index (χ0n) is 26.2. The minimum Gasteiger partial charge on any atom is -0.107 e. The molecule has 38 heavy (non-hydrogen) atoms. The zero-order chi connectivity index (χ0) is 28.5. The molecule has 0 aliphatic rings. The molecule has 0 N–H and O–H groups in total. The minimum absolute atomic E-state index is 0. The van der Waals surface area contributed by atoms with Gasteiger partial charge in [0.25, 0.3) is 0 Å². The van der Waals surface area contributed by atoms with E-state index in [9.17, 15) is 0 Å². The Balaban J connectivity index is 0. The summed E-state index contributed by atoms with van der Waals surface area (Å²) < 4.78 is 0. The first kappa shape index (κ1) is 39.6. The fraction of sp³-hybridized carbons (Fsp3) is 0.514. The summed E-state index contributed by atoms with van der Waals surface area (Å²) in [6.45, 7) is 31.9. The van der Waals surface area contributed by atoms with E-state index in [0.717, 1.165) is 50.7 Å². The maximum absolute atomic E-state index is 3.63. The third kappa shape index (κ3) is 15.9. The van der Waals surface area contributed by atoms with Crippen molar-refractivity contribution in [1.82, 2.24) is 0 Å². The molecule has 0 atom stereocenters. The predicted molar refractivity (Wildman–Crippen MR) is 176 cm³/mol. The van der Waals surface area contributed by atoms with E-state index >= 15 is 0 Å². The van der Waals surface area contributed by atoms with E-state index in [0.29, 0.717) is 0 Å². The predicted octanol–water partition coefficient (Wildman–Crippen LogP) is 11.5. The van der Waals surface area contributed by atoms with Crippen molar-refractivity contribution >= 4 is 21.4 Å². The van der Waals surface area contributed by atoms with Crippen LogP contribution in [0.5, 0.6) is 0 Å². The van der Waals surface area contributed by atoms with Crippen LogP contribution in [0.1, 0.15) is 94.2 Å². The Morgan fingerprint density at radius 2 is 0.816 bits per heavy atom. The molecule has 0 amide bonds. The molecule has 0 aliphatic carbocycles. The Morgan fingerprint density at radius 3 is 1.00 bits per heavy atom. The van der Waals surface area contributed by atoms with Crippen molar-refractivity contribution < 1.29 is 19.5 Å². The van der Waals surface area contributed by atoms with E-state index in [2.05, 4.69) is 126 Å². The normalized spacial score (nSPS) is 10.9. The van der Waals surface area contributed by atoms with Gasteiger partial charge >= 0.3 is 0 Å². The molecule has 0 fully saturated rings. The van der Waals surface area contributed by atoms with E-state index < -0.39 is 0 Å². The second kappa shape index (κ2) is 22.2. The third-order valence-electron chi connectivity index (χ3n) is 6.00. The smallest absolute Gasteiger partial charge is 0.0312 e. The molecule has 4 radical (unpaired) electrons. The molecule has 0 bridgehead atoms. The molecular weight excluding hydrogens is 585 g/mol. The van der Waals surface area contributed by atoms with Crippen LogP contribution in [0, 0.1) is 19.4 Å². The Bertz CT molecular complexity index is 773. The monoisotopic (exact) mass is 640 g/mol. The van der Waals surface area contributed by atoms with Crippen LogP contribution in [0.15, 0.2) is 66.4 Å². The molecule has 0 saturated carbocycles. The van der Waals surface area contributed by atoms with Gasteiger partial charge in [-0.05, 0) is 58.4 Å². The van der Waals surface area contributed by atoms with Gasteiger partial charge in [-0.15, -0.1) is 5.73 Å². The molecule has 0 nitrogen and oxygen atoms in total. The number of allylic oxidation sites excluding steroid dienone is 1. The standard InChI is InChI=1S/C17H13.2C9H21P.Rh/c1-2-3-14-17(15-10-6-4-7-11-15)16-12-8-5-9-13-16;2*1-7(2)10(8(3)4)9(5)6;/h2,4-13H,1H2;2*7-9H,1-6H3;. The van der Waals surface area contributed by atoms with E-state index in [1.165, 1.54) is 0 Å². The maximum atomic E-state index is 3.63. The SMILES string of the molecule is CC(C)P(C(C)C)C(C)C.CC(C)P(C(C)C)C(C)C.[CH2][CH][C]=C=C(c1ccccc1)c1ccccc1.[Rh]. The molecule has 0 saturated heterocycles. The number of hydrogen-bond donors (Lipinski definition) is 0. The molecular formula is C35H55P2Rh. The van der Waals surface area contributed by atoms with Gasteiger partial charge in [0.15, 0.2) is 0 Å². The van der Waals surface area contributed by atoms with Crippen molar-refractivity contribution in [3.63, 3.8) is 0 Å². The summed E-state index contributed by atoms with van der Waals surface area (Å²) in [4.78, 5) is 0. The summed E-state index contributed by atoms with van der Waals surface area (Å²) in [5.41, 5.74) is 11.8. The van der Waals surface area contributed by atoms with Gasteiger partial charge in [-0.2, -0.15) is 0 Å². The van der Waals surface area contributed by atoms with Gasteiger partial charge in [-0.3, -0.25) is 0 Å². The van der Waals surface area contributed by atoms with E-state index in [-0.39, 0.29) is 35.3 Å². The van der Waals surface area contributed by atoms with Crippen molar-refractivity contribution in [2.24, 2.45) is 0 Å². The van der Waals surface area contributed by atoms with Crippen LogP contribution in [0.2, 0.25) is 0 Å². The van der Waals surface area contributed by atoms with Crippen molar-refractivity contribution in [2.75, 3.05) is 0 Å². The van der Waals surface area contributed by atoms with Crippen LogP contribution >= 0.6 is 15.8 Å². The van der Waals surface area contributed by atoms with Gasteiger partial charge < -0.3 is 0 Å². The Morgan fingerprint density at radius 1 is 0.553 bits per heavy atom. The third-order valence-corrected chi connectivity index (χ3v) is 13.2. The molecule has 0 spiro atoms. The first-order valence-electron chi connectivity index (χ1n) is 14.0. The molecule has 0 aromatic heterocycles. The van der Waals surface area contributed by atoms with Crippen LogP contribution in [0.3, 0.4) is 0 Å². The number of hydrogen-bond acceptors (Lipinski definition) is 0. The zero-order valence-corrected chi connectivity index (χ0v) is 29.7. The van der Waals surface area contributed by atoms with Gasteiger partial charge in [0.2, 0.25) is 0 Å². The van der Waals surface area contributed by atoms with Crippen LogP contribution in [-0.4, -0.2) is 34.0 Å². The van der Waals surface area contributed by atoms with E-state index in [1.54, 1.807) is 6.42 Å². The van der Waals surface area contributed by atoms with Crippen molar-refractivity contribution in [2.45, 2.75) is 117 Å². The Hall–Kier alpha value is -0.557. The molecule has 2 aromatic carbocycles. The summed E-state index contributed by atoms with van der Waals surface area (Å²) in [6.07, 6.45) is 4.54. The van der Waals surface area contributed by atoms with Gasteiger partial charge in [0, 0.05) is 31.1 Å². The second-order valence-electron chi connectivity index (χ2n) is 11.0. The summed E-state index contributed by atoms with van der Waals surface area (Å²) >= 11 is 0. The average molecular weight is 641 g/mol. The Labute approximate surface area is 253 Å². The minimum atomic E-state index is 0. The quantitative estimate of drug-likeness (QED) is 0.145. The molecule has 2 aromatic rings. The van der Waals surface area contributed by atoms with E-state index in [4.69, 9.17) is 0 Å². The summed E-state index contributed by atoms with van der Waals surface area (Å²) in [6, 6.07) is 20.4. The summed E-state index contributed by atoms with van der Waals surface area (Å²) in [5, 5.41) is 0.